The molecule has 1 fully saturated rings. The van der Waals surface area contributed by atoms with E-state index in [1.54, 1.807) is 0 Å². The zero-order valence-corrected chi connectivity index (χ0v) is 18.7. The molecule has 0 bridgehead atoms. The van der Waals surface area contributed by atoms with Crippen molar-refractivity contribution in [2.45, 2.75) is 20.3 Å². The van der Waals surface area contributed by atoms with Crippen LogP contribution in [0.15, 0.2) is 57.5 Å². The number of likely N-dealkylation sites (N-methyl/N-ethyl adjacent to an activating group) is 1. The van der Waals surface area contributed by atoms with Crippen molar-refractivity contribution in [2.75, 3.05) is 38.1 Å². The highest BCUT2D eigenvalue weighted by Crippen LogP contribution is 2.26. The van der Waals surface area contributed by atoms with Crippen LogP contribution in [0.3, 0.4) is 0 Å². The first-order chi connectivity index (χ1) is 15.5. The smallest absolute Gasteiger partial charge is 0.314 e. The Kier molecular flexibility index (Phi) is 5.49. The average Bonchev–Trinajstić information content (AvgIpc) is 3.42. The summed E-state index contributed by atoms with van der Waals surface area (Å²) < 4.78 is 11.5. The molecule has 1 aliphatic rings. The van der Waals surface area contributed by atoms with Gasteiger partial charge in [0, 0.05) is 43.9 Å². The Hall–Kier alpha value is -3.45. The van der Waals surface area contributed by atoms with Crippen molar-refractivity contribution in [1.82, 2.24) is 20.0 Å². The van der Waals surface area contributed by atoms with Crippen LogP contribution < -0.4 is 4.90 Å². The molecule has 0 unspecified atom stereocenters. The molecule has 0 amide bonds. The molecule has 32 heavy (non-hydrogen) atoms. The SMILES string of the molecule is Cc1ccc(-c2noc(-c3nc(C)c(Cc4cccc(N5CCN(C)CC5)c4)o3)n2)cc1. The number of hydrogen-bond acceptors (Lipinski definition) is 7. The summed E-state index contributed by atoms with van der Waals surface area (Å²) >= 11 is 0. The second-order valence-corrected chi connectivity index (χ2v) is 8.45. The molecule has 5 rings (SSSR count). The summed E-state index contributed by atoms with van der Waals surface area (Å²) in [5, 5.41) is 4.09. The van der Waals surface area contributed by atoms with Crippen molar-refractivity contribution in [3.8, 4) is 23.2 Å². The minimum Gasteiger partial charge on any atom is -0.437 e. The van der Waals surface area contributed by atoms with Gasteiger partial charge in [0.25, 0.3) is 5.89 Å². The minimum atomic E-state index is 0.293. The molecule has 3 heterocycles. The molecule has 164 valence electrons. The molecule has 0 N–H and O–H groups in total. The average molecular weight is 430 g/mol. The predicted octanol–water partition coefficient (Wildman–Crippen LogP) is 4.35. The van der Waals surface area contributed by atoms with E-state index in [1.165, 1.54) is 16.8 Å². The van der Waals surface area contributed by atoms with Gasteiger partial charge in [-0.05, 0) is 38.6 Å². The van der Waals surface area contributed by atoms with Crippen molar-refractivity contribution in [1.29, 1.82) is 0 Å². The fraction of sp³-hybridized carbons (Fsp3) is 0.320. The highest BCUT2D eigenvalue weighted by atomic mass is 16.5. The summed E-state index contributed by atoms with van der Waals surface area (Å²) in [5.74, 6) is 1.99. The van der Waals surface area contributed by atoms with Crippen LogP contribution >= 0.6 is 0 Å². The molecular weight excluding hydrogens is 402 g/mol. The van der Waals surface area contributed by atoms with E-state index in [1.807, 2.05) is 38.1 Å². The maximum Gasteiger partial charge on any atom is 0.314 e. The fourth-order valence-corrected chi connectivity index (χ4v) is 3.93. The lowest BCUT2D eigenvalue weighted by Gasteiger charge is -2.34. The molecule has 2 aromatic carbocycles. The second-order valence-electron chi connectivity index (χ2n) is 8.45. The fourth-order valence-electron chi connectivity index (χ4n) is 3.93. The molecule has 1 saturated heterocycles. The quantitative estimate of drug-likeness (QED) is 0.467. The Bertz CT molecular complexity index is 1200. The van der Waals surface area contributed by atoms with Gasteiger partial charge < -0.3 is 18.7 Å². The molecule has 0 radical (unpaired) electrons. The van der Waals surface area contributed by atoms with Gasteiger partial charge in [0.2, 0.25) is 5.82 Å². The van der Waals surface area contributed by atoms with Gasteiger partial charge in [-0.3, -0.25) is 0 Å². The molecule has 0 atom stereocenters. The molecule has 2 aromatic heterocycles. The van der Waals surface area contributed by atoms with Crippen molar-refractivity contribution in [3.05, 3.63) is 71.1 Å². The van der Waals surface area contributed by atoms with Crippen molar-refractivity contribution in [2.24, 2.45) is 0 Å². The van der Waals surface area contributed by atoms with Crippen LogP contribution in [0, 0.1) is 13.8 Å². The van der Waals surface area contributed by atoms with Crippen LogP contribution in [0.4, 0.5) is 5.69 Å². The first-order valence-corrected chi connectivity index (χ1v) is 10.9. The highest BCUT2D eigenvalue weighted by molar-refractivity contribution is 5.57. The number of oxazole rings is 1. The molecule has 7 heteroatoms. The number of aryl methyl sites for hydroxylation is 2. The normalized spacial score (nSPS) is 14.8. The van der Waals surface area contributed by atoms with E-state index >= 15 is 0 Å². The Labute approximate surface area is 187 Å². The summed E-state index contributed by atoms with van der Waals surface area (Å²) in [4.78, 5) is 13.8. The van der Waals surface area contributed by atoms with E-state index in [9.17, 15) is 0 Å². The first kappa shape index (κ1) is 20.5. The third kappa shape index (κ3) is 4.29. The highest BCUT2D eigenvalue weighted by Gasteiger charge is 2.19. The van der Waals surface area contributed by atoms with E-state index in [2.05, 4.69) is 56.2 Å². The van der Waals surface area contributed by atoms with E-state index in [4.69, 9.17) is 8.94 Å². The van der Waals surface area contributed by atoms with E-state index in [0.717, 1.165) is 43.2 Å². The summed E-state index contributed by atoms with van der Waals surface area (Å²) in [6.45, 7) is 8.26. The van der Waals surface area contributed by atoms with Crippen molar-refractivity contribution in [3.63, 3.8) is 0 Å². The summed E-state index contributed by atoms with van der Waals surface area (Å²) in [7, 11) is 2.17. The number of aromatic nitrogens is 3. The largest absolute Gasteiger partial charge is 0.437 e. The van der Waals surface area contributed by atoms with Gasteiger partial charge in [-0.2, -0.15) is 4.98 Å². The zero-order chi connectivity index (χ0) is 22.1. The maximum atomic E-state index is 6.04. The topological polar surface area (TPSA) is 71.4 Å². The number of nitrogens with zero attached hydrogens (tertiary/aromatic N) is 5. The van der Waals surface area contributed by atoms with Gasteiger partial charge in [0.15, 0.2) is 0 Å². The summed E-state index contributed by atoms with van der Waals surface area (Å²) in [6.07, 6.45) is 0.666. The van der Waals surface area contributed by atoms with Gasteiger partial charge in [-0.15, -0.1) is 0 Å². The Balaban J connectivity index is 1.33. The number of hydrogen-bond donors (Lipinski definition) is 0. The first-order valence-electron chi connectivity index (χ1n) is 10.9. The molecule has 1 aliphatic heterocycles. The molecule has 0 aliphatic carbocycles. The van der Waals surface area contributed by atoms with Gasteiger partial charge in [-0.1, -0.05) is 47.1 Å². The Morgan fingerprint density at radius 2 is 1.69 bits per heavy atom. The van der Waals surface area contributed by atoms with Gasteiger partial charge >= 0.3 is 5.89 Å². The third-order valence-electron chi connectivity index (χ3n) is 5.96. The van der Waals surface area contributed by atoms with Crippen LogP contribution in [0.5, 0.6) is 0 Å². The van der Waals surface area contributed by atoms with Crippen LogP contribution in [0.1, 0.15) is 22.6 Å². The van der Waals surface area contributed by atoms with Gasteiger partial charge in [0.05, 0.1) is 5.69 Å². The number of rotatable bonds is 5. The molecule has 4 aromatic rings. The minimum absolute atomic E-state index is 0.293. The predicted molar refractivity (Wildman–Crippen MR) is 124 cm³/mol. The lowest BCUT2D eigenvalue weighted by Crippen LogP contribution is -2.44. The number of benzene rings is 2. The Morgan fingerprint density at radius 3 is 2.47 bits per heavy atom. The Morgan fingerprint density at radius 1 is 0.906 bits per heavy atom. The molecule has 0 spiro atoms. The molecular formula is C25H27N5O2. The number of anilines is 1. The van der Waals surface area contributed by atoms with Crippen LogP contribution in [0.2, 0.25) is 0 Å². The third-order valence-corrected chi connectivity index (χ3v) is 5.96. The van der Waals surface area contributed by atoms with E-state index < -0.39 is 0 Å². The number of piperazine rings is 1. The van der Waals surface area contributed by atoms with E-state index in [-0.39, 0.29) is 0 Å². The van der Waals surface area contributed by atoms with Gasteiger partial charge in [0.1, 0.15) is 5.76 Å². The maximum absolute atomic E-state index is 6.04. The van der Waals surface area contributed by atoms with Crippen molar-refractivity contribution < 1.29 is 8.94 Å². The standard InChI is InChI=1S/C25H27N5O2/c1-17-7-9-20(10-8-17)23-27-25(32-28-23)24-26-18(2)22(31-24)16-19-5-4-6-21(15-19)30-13-11-29(3)12-14-30/h4-10,15H,11-14,16H2,1-3H3. The second kappa shape index (κ2) is 8.59. The zero-order valence-electron chi connectivity index (χ0n) is 18.7. The summed E-state index contributed by atoms with van der Waals surface area (Å²) in [5.41, 5.74) is 5.36. The lowest BCUT2D eigenvalue weighted by molar-refractivity contribution is 0.313. The monoisotopic (exact) mass is 429 g/mol. The van der Waals surface area contributed by atoms with Crippen LogP contribution in [-0.4, -0.2) is 53.3 Å². The molecule has 7 nitrogen and oxygen atoms in total. The van der Waals surface area contributed by atoms with Crippen molar-refractivity contribution >= 4 is 5.69 Å². The van der Waals surface area contributed by atoms with Crippen LogP contribution in [0.25, 0.3) is 23.2 Å². The lowest BCUT2D eigenvalue weighted by atomic mass is 10.1. The van der Waals surface area contributed by atoms with Crippen LogP contribution in [-0.2, 0) is 6.42 Å². The van der Waals surface area contributed by atoms with E-state index in [0.29, 0.717) is 24.0 Å². The van der Waals surface area contributed by atoms with Gasteiger partial charge in [-0.25, -0.2) is 4.98 Å². The molecule has 0 saturated carbocycles. The summed E-state index contributed by atoms with van der Waals surface area (Å²) in [6, 6.07) is 16.7.